The molecule has 1 aromatic rings. The minimum absolute atomic E-state index is 0.0275. The zero-order valence-electron chi connectivity index (χ0n) is 14.1. The van der Waals surface area contributed by atoms with Crippen molar-refractivity contribution in [2.24, 2.45) is 0 Å². The molecule has 7 heteroatoms. The van der Waals surface area contributed by atoms with Crippen LogP contribution in [0.25, 0.3) is 0 Å². The van der Waals surface area contributed by atoms with Gasteiger partial charge in [0.05, 0.1) is 24.3 Å². The third-order valence-electron chi connectivity index (χ3n) is 3.84. The zero-order valence-corrected chi connectivity index (χ0v) is 14.1. The lowest BCUT2D eigenvalue weighted by Gasteiger charge is -2.34. The maximum Gasteiger partial charge on any atom is 0.344 e. The third kappa shape index (κ3) is 2.82. The molecular formula is C18H19NO6. The Morgan fingerprint density at radius 2 is 1.48 bits per heavy atom. The van der Waals surface area contributed by atoms with E-state index in [1.54, 1.807) is 26.0 Å². The summed E-state index contributed by atoms with van der Waals surface area (Å²) in [6.45, 7) is 6.60. The summed E-state index contributed by atoms with van der Waals surface area (Å²) in [4.78, 5) is 51.6. The van der Waals surface area contributed by atoms with Crippen molar-refractivity contribution in [2.75, 3.05) is 13.2 Å². The fourth-order valence-corrected chi connectivity index (χ4v) is 2.77. The van der Waals surface area contributed by atoms with Crippen LogP contribution >= 0.6 is 0 Å². The molecule has 25 heavy (non-hydrogen) atoms. The van der Waals surface area contributed by atoms with E-state index >= 15 is 0 Å². The molecule has 2 amide bonds. The van der Waals surface area contributed by atoms with Crippen LogP contribution in [0.5, 0.6) is 0 Å². The first-order valence-electron chi connectivity index (χ1n) is 7.88. The van der Waals surface area contributed by atoms with E-state index in [0.717, 1.165) is 0 Å². The van der Waals surface area contributed by atoms with Crippen molar-refractivity contribution in [1.82, 2.24) is 4.90 Å². The van der Waals surface area contributed by atoms with Gasteiger partial charge in [-0.2, -0.15) is 0 Å². The fraction of sp³-hybridized carbons (Fsp3) is 0.333. The lowest BCUT2D eigenvalue weighted by molar-refractivity contribution is -0.171. The number of carbonyl (C=O) groups excluding carboxylic acids is 4. The molecule has 0 aromatic heterocycles. The van der Waals surface area contributed by atoms with E-state index in [0.29, 0.717) is 4.90 Å². The van der Waals surface area contributed by atoms with Gasteiger partial charge < -0.3 is 9.47 Å². The number of ether oxygens (including phenoxy) is 2. The number of benzene rings is 1. The molecule has 1 aliphatic rings. The van der Waals surface area contributed by atoms with Crippen molar-refractivity contribution in [2.45, 2.75) is 25.8 Å². The second-order valence-corrected chi connectivity index (χ2v) is 5.29. The van der Waals surface area contributed by atoms with Crippen LogP contribution in [-0.2, 0) is 19.1 Å². The lowest BCUT2D eigenvalue weighted by atomic mass is 9.92. The molecule has 0 bridgehead atoms. The zero-order chi connectivity index (χ0) is 18.6. The Kier molecular flexibility index (Phi) is 5.36. The van der Waals surface area contributed by atoms with Gasteiger partial charge in [0.1, 0.15) is 0 Å². The molecule has 0 N–H and O–H groups in total. The molecule has 0 atom stereocenters. The molecule has 0 aliphatic carbocycles. The highest BCUT2D eigenvalue weighted by Crippen LogP contribution is 2.34. The summed E-state index contributed by atoms with van der Waals surface area (Å²) in [5.74, 6) is -3.54. The molecule has 7 nitrogen and oxygen atoms in total. The quantitative estimate of drug-likeness (QED) is 0.323. The smallest absolute Gasteiger partial charge is 0.344 e. The third-order valence-corrected chi connectivity index (χ3v) is 3.84. The van der Waals surface area contributed by atoms with Gasteiger partial charge in [-0.1, -0.05) is 18.2 Å². The Morgan fingerprint density at radius 3 is 1.84 bits per heavy atom. The Hall–Kier alpha value is -2.96. The average Bonchev–Trinajstić information content (AvgIpc) is 2.85. The van der Waals surface area contributed by atoms with E-state index < -0.39 is 29.3 Å². The van der Waals surface area contributed by atoms with Crippen molar-refractivity contribution in [3.63, 3.8) is 0 Å². The van der Waals surface area contributed by atoms with Crippen molar-refractivity contribution in [1.29, 1.82) is 0 Å². The second kappa shape index (κ2) is 7.29. The summed E-state index contributed by atoms with van der Waals surface area (Å²) in [6, 6.07) is 6.12. The Bertz CT molecular complexity index is 686. The van der Waals surface area contributed by atoms with Gasteiger partial charge in [-0.3, -0.25) is 9.59 Å². The van der Waals surface area contributed by atoms with Gasteiger partial charge >= 0.3 is 11.9 Å². The van der Waals surface area contributed by atoms with Crippen LogP contribution in [0.15, 0.2) is 36.9 Å². The molecule has 2 rings (SSSR count). The van der Waals surface area contributed by atoms with E-state index in [1.807, 2.05) is 0 Å². The number of nitrogens with zero attached hydrogens (tertiary/aromatic N) is 1. The number of fused-ring (bicyclic) bond motifs is 1. The van der Waals surface area contributed by atoms with Crippen LogP contribution < -0.4 is 0 Å². The molecular weight excluding hydrogens is 326 g/mol. The van der Waals surface area contributed by atoms with Crippen LogP contribution in [0.2, 0.25) is 0 Å². The molecule has 0 radical (unpaired) electrons. The number of hydrogen-bond donors (Lipinski definition) is 0. The number of esters is 2. The van der Waals surface area contributed by atoms with Gasteiger partial charge in [0, 0.05) is 6.42 Å². The van der Waals surface area contributed by atoms with Crippen LogP contribution in [0.1, 0.15) is 41.0 Å². The van der Waals surface area contributed by atoms with E-state index in [2.05, 4.69) is 6.58 Å². The van der Waals surface area contributed by atoms with Gasteiger partial charge in [-0.25, -0.2) is 14.5 Å². The Labute approximate surface area is 145 Å². The predicted octanol–water partition coefficient (Wildman–Crippen LogP) is 1.72. The van der Waals surface area contributed by atoms with Crippen molar-refractivity contribution in [3.8, 4) is 0 Å². The first kappa shape index (κ1) is 18.4. The maximum absolute atomic E-state index is 12.8. The first-order valence-corrected chi connectivity index (χ1v) is 7.88. The topological polar surface area (TPSA) is 90.0 Å². The maximum atomic E-state index is 12.8. The minimum Gasteiger partial charge on any atom is -0.464 e. The minimum atomic E-state index is -2.24. The summed E-state index contributed by atoms with van der Waals surface area (Å²) in [6.07, 6.45) is 0.966. The van der Waals surface area contributed by atoms with Crippen LogP contribution in [0, 0.1) is 0 Å². The standard InChI is InChI=1S/C18H19NO6/c1-4-11-18(16(22)24-5-2,17(23)25-6-3)19-14(20)12-9-7-8-10-13(12)15(19)21/h4,7-10H,1,5-6,11H2,2-3H3. The average molecular weight is 345 g/mol. The highest BCUT2D eigenvalue weighted by Gasteiger charge is 2.60. The molecule has 0 saturated heterocycles. The van der Waals surface area contributed by atoms with E-state index in [9.17, 15) is 19.2 Å². The van der Waals surface area contributed by atoms with Gasteiger partial charge in [0.2, 0.25) is 5.54 Å². The fourth-order valence-electron chi connectivity index (χ4n) is 2.77. The van der Waals surface area contributed by atoms with E-state index in [1.165, 1.54) is 18.2 Å². The van der Waals surface area contributed by atoms with Crippen LogP contribution in [0.3, 0.4) is 0 Å². The molecule has 1 aromatic carbocycles. The van der Waals surface area contributed by atoms with Gasteiger partial charge in [-0.15, -0.1) is 6.58 Å². The molecule has 0 spiro atoms. The van der Waals surface area contributed by atoms with Crippen molar-refractivity contribution < 1.29 is 28.7 Å². The number of hydrogen-bond acceptors (Lipinski definition) is 6. The first-order chi connectivity index (χ1) is 11.9. The SMILES string of the molecule is C=CCC(C(=O)OCC)(C(=O)OCC)N1C(=O)c2ccccc2C1=O. The van der Waals surface area contributed by atoms with E-state index in [4.69, 9.17) is 9.47 Å². The number of imide groups is 1. The number of carbonyl (C=O) groups is 4. The largest absolute Gasteiger partial charge is 0.464 e. The molecule has 132 valence electrons. The second-order valence-electron chi connectivity index (χ2n) is 5.29. The summed E-state index contributed by atoms with van der Waals surface area (Å²) in [7, 11) is 0. The summed E-state index contributed by atoms with van der Waals surface area (Å²) in [5, 5.41) is 0. The number of amides is 2. The molecule has 1 aliphatic heterocycles. The summed E-state index contributed by atoms with van der Waals surface area (Å²) < 4.78 is 10.0. The summed E-state index contributed by atoms with van der Waals surface area (Å²) in [5.41, 5.74) is -2.00. The number of rotatable bonds is 7. The molecule has 1 heterocycles. The van der Waals surface area contributed by atoms with Crippen LogP contribution in [-0.4, -0.2) is 47.4 Å². The normalized spacial score (nSPS) is 13.4. The van der Waals surface area contributed by atoms with Crippen LogP contribution in [0.4, 0.5) is 0 Å². The van der Waals surface area contributed by atoms with Gasteiger partial charge in [0.25, 0.3) is 11.8 Å². The Morgan fingerprint density at radius 1 is 1.04 bits per heavy atom. The van der Waals surface area contributed by atoms with Crippen molar-refractivity contribution in [3.05, 3.63) is 48.0 Å². The van der Waals surface area contributed by atoms with Gasteiger partial charge in [0.15, 0.2) is 0 Å². The molecule has 0 saturated carbocycles. The van der Waals surface area contributed by atoms with Crippen molar-refractivity contribution >= 4 is 23.8 Å². The highest BCUT2D eigenvalue weighted by molar-refractivity contribution is 6.26. The molecule has 0 unspecified atom stereocenters. The predicted molar refractivity (Wildman–Crippen MR) is 87.8 cm³/mol. The van der Waals surface area contributed by atoms with Gasteiger partial charge in [-0.05, 0) is 26.0 Å². The molecule has 0 fully saturated rings. The highest BCUT2D eigenvalue weighted by atomic mass is 16.6. The monoisotopic (exact) mass is 345 g/mol. The lowest BCUT2D eigenvalue weighted by Crippen LogP contribution is -2.63. The van der Waals surface area contributed by atoms with E-state index in [-0.39, 0.29) is 30.8 Å². The Balaban J connectivity index is 2.65. The summed E-state index contributed by atoms with van der Waals surface area (Å²) >= 11 is 0.